The van der Waals surface area contributed by atoms with Gasteiger partial charge >= 0.3 is 0 Å². The first-order chi connectivity index (χ1) is 8.66. The first-order valence-electron chi connectivity index (χ1n) is 7.21. The summed E-state index contributed by atoms with van der Waals surface area (Å²) in [4.78, 5) is 0. The van der Waals surface area contributed by atoms with Crippen LogP contribution in [-0.2, 0) is 14.6 Å². The van der Waals surface area contributed by atoms with Crippen LogP contribution in [0, 0.1) is 0 Å². The van der Waals surface area contributed by atoms with Crippen molar-refractivity contribution in [2.24, 2.45) is 0 Å². The van der Waals surface area contributed by atoms with E-state index in [1.165, 1.54) is 32.1 Å². The van der Waals surface area contributed by atoms with Crippen molar-refractivity contribution >= 4 is 9.84 Å². The minimum absolute atomic E-state index is 0.341. The predicted octanol–water partition coefficient (Wildman–Crippen LogP) is 1.50. The molecule has 1 heterocycles. The maximum absolute atomic E-state index is 11.3. The molecule has 2 aliphatic rings. The number of sulfone groups is 1. The Hall–Kier alpha value is -0.130. The minimum atomic E-state index is -2.73. The molecular formula is C13H25NO3S. The summed E-state index contributed by atoms with van der Waals surface area (Å²) >= 11 is 0. The molecule has 1 N–H and O–H groups in total. The molecule has 1 aliphatic heterocycles. The predicted molar refractivity (Wildman–Crippen MR) is 72.5 cm³/mol. The molecule has 4 nitrogen and oxygen atoms in total. The molecule has 0 aromatic heterocycles. The molecular weight excluding hydrogens is 250 g/mol. The zero-order valence-electron chi connectivity index (χ0n) is 11.1. The van der Waals surface area contributed by atoms with Crippen molar-refractivity contribution in [3.63, 3.8) is 0 Å². The van der Waals surface area contributed by atoms with Gasteiger partial charge in [-0.25, -0.2) is 8.42 Å². The fourth-order valence-electron chi connectivity index (χ4n) is 2.81. The number of rotatable bonds is 5. The van der Waals surface area contributed by atoms with E-state index >= 15 is 0 Å². The minimum Gasteiger partial charge on any atom is -0.377 e. The molecule has 0 bridgehead atoms. The van der Waals surface area contributed by atoms with Crippen molar-refractivity contribution in [1.29, 1.82) is 0 Å². The van der Waals surface area contributed by atoms with E-state index in [0.717, 1.165) is 26.0 Å². The first kappa shape index (κ1) is 14.3. The van der Waals surface area contributed by atoms with Crippen LogP contribution in [0.1, 0.15) is 44.9 Å². The zero-order valence-corrected chi connectivity index (χ0v) is 11.9. The Bertz CT molecular complexity index is 322. The van der Waals surface area contributed by atoms with Crippen LogP contribution in [0.25, 0.3) is 0 Å². The van der Waals surface area contributed by atoms with Crippen molar-refractivity contribution in [3.8, 4) is 0 Å². The van der Waals surface area contributed by atoms with Crippen LogP contribution in [0.3, 0.4) is 0 Å². The summed E-state index contributed by atoms with van der Waals surface area (Å²) in [7, 11) is -2.73. The summed E-state index contributed by atoms with van der Waals surface area (Å²) in [5, 5.41) is 3.41. The van der Waals surface area contributed by atoms with Crippen LogP contribution in [0.4, 0.5) is 0 Å². The van der Waals surface area contributed by atoms with Gasteiger partial charge in [0.15, 0.2) is 0 Å². The van der Waals surface area contributed by atoms with Gasteiger partial charge in [-0.05, 0) is 25.7 Å². The smallest absolute Gasteiger partial charge is 0.150 e. The summed E-state index contributed by atoms with van der Waals surface area (Å²) in [5.41, 5.74) is 0. The lowest BCUT2D eigenvalue weighted by molar-refractivity contribution is 0.0293. The van der Waals surface area contributed by atoms with Crippen molar-refractivity contribution in [3.05, 3.63) is 0 Å². The van der Waals surface area contributed by atoms with Gasteiger partial charge in [0.05, 0.1) is 24.2 Å². The second-order valence-corrected chi connectivity index (χ2v) is 7.81. The van der Waals surface area contributed by atoms with E-state index in [-0.39, 0.29) is 0 Å². The highest BCUT2D eigenvalue weighted by atomic mass is 32.2. The fourth-order valence-corrected chi connectivity index (χ4v) is 4.31. The van der Waals surface area contributed by atoms with Gasteiger partial charge in [-0.3, -0.25) is 0 Å². The van der Waals surface area contributed by atoms with E-state index in [0.29, 0.717) is 23.7 Å². The van der Waals surface area contributed by atoms with E-state index in [4.69, 9.17) is 4.74 Å². The second kappa shape index (κ2) is 6.87. The molecule has 0 atom stereocenters. The molecule has 0 radical (unpaired) electrons. The van der Waals surface area contributed by atoms with Crippen LogP contribution >= 0.6 is 0 Å². The van der Waals surface area contributed by atoms with Crippen molar-refractivity contribution in [2.75, 3.05) is 24.7 Å². The molecule has 0 amide bonds. The van der Waals surface area contributed by atoms with Gasteiger partial charge in [-0.1, -0.05) is 19.3 Å². The molecule has 18 heavy (non-hydrogen) atoms. The van der Waals surface area contributed by atoms with Crippen molar-refractivity contribution < 1.29 is 13.2 Å². The summed E-state index contributed by atoms with van der Waals surface area (Å²) < 4.78 is 28.4. The van der Waals surface area contributed by atoms with Gasteiger partial charge in [-0.2, -0.15) is 0 Å². The summed E-state index contributed by atoms with van der Waals surface area (Å²) in [6, 6.07) is 0.364. The first-order valence-corrected chi connectivity index (χ1v) is 9.03. The topological polar surface area (TPSA) is 55.4 Å². The fraction of sp³-hybridized carbons (Fsp3) is 1.00. The van der Waals surface area contributed by atoms with Gasteiger partial charge in [0.25, 0.3) is 0 Å². The van der Waals surface area contributed by atoms with Gasteiger partial charge in [0.2, 0.25) is 0 Å². The average Bonchev–Trinajstić information content (AvgIpc) is 2.37. The molecule has 2 rings (SSSR count). The molecule has 0 aromatic rings. The molecule has 0 spiro atoms. The van der Waals surface area contributed by atoms with E-state index in [9.17, 15) is 8.42 Å². The molecule has 1 aliphatic carbocycles. The largest absolute Gasteiger partial charge is 0.377 e. The third-order valence-electron chi connectivity index (χ3n) is 4.00. The Morgan fingerprint density at radius 1 is 1.00 bits per heavy atom. The Labute approximate surface area is 110 Å². The second-order valence-electron chi connectivity index (χ2n) is 5.51. The lowest BCUT2D eigenvalue weighted by atomic mass is 9.98. The van der Waals surface area contributed by atoms with E-state index in [2.05, 4.69) is 5.32 Å². The lowest BCUT2D eigenvalue weighted by Crippen LogP contribution is -2.39. The SMILES string of the molecule is O=S1(=O)CCC(NCCOC2CCCCC2)CC1. The quantitative estimate of drug-likeness (QED) is 0.773. The Morgan fingerprint density at radius 3 is 2.33 bits per heavy atom. The number of hydrogen-bond donors (Lipinski definition) is 1. The average molecular weight is 275 g/mol. The Kier molecular flexibility index (Phi) is 5.45. The molecule has 0 aromatic carbocycles. The highest BCUT2D eigenvalue weighted by Crippen LogP contribution is 2.20. The number of hydrogen-bond acceptors (Lipinski definition) is 4. The van der Waals surface area contributed by atoms with Crippen LogP contribution < -0.4 is 5.32 Å². The monoisotopic (exact) mass is 275 g/mol. The van der Waals surface area contributed by atoms with Crippen LogP contribution in [0.2, 0.25) is 0 Å². The molecule has 1 saturated carbocycles. The molecule has 5 heteroatoms. The van der Waals surface area contributed by atoms with E-state index in [1.807, 2.05) is 0 Å². The maximum Gasteiger partial charge on any atom is 0.150 e. The Morgan fingerprint density at radius 2 is 1.67 bits per heavy atom. The Balaban J connectivity index is 1.53. The standard InChI is InChI=1S/C13H25NO3S/c15-18(16)10-6-12(7-11-18)14-8-9-17-13-4-2-1-3-5-13/h12-14H,1-11H2. The van der Waals surface area contributed by atoms with Crippen LogP contribution in [0.15, 0.2) is 0 Å². The van der Waals surface area contributed by atoms with E-state index in [1.54, 1.807) is 0 Å². The third kappa shape index (κ3) is 4.86. The van der Waals surface area contributed by atoms with Gasteiger partial charge in [-0.15, -0.1) is 0 Å². The number of nitrogens with one attached hydrogen (secondary N) is 1. The highest BCUT2D eigenvalue weighted by molar-refractivity contribution is 7.91. The normalized spacial score (nSPS) is 26.2. The van der Waals surface area contributed by atoms with Crippen LogP contribution in [0.5, 0.6) is 0 Å². The van der Waals surface area contributed by atoms with E-state index < -0.39 is 9.84 Å². The van der Waals surface area contributed by atoms with Gasteiger partial charge in [0.1, 0.15) is 9.84 Å². The molecule has 0 unspecified atom stereocenters. The summed E-state index contributed by atoms with van der Waals surface area (Å²) in [6.07, 6.45) is 8.36. The summed E-state index contributed by atoms with van der Waals surface area (Å²) in [6.45, 7) is 1.61. The molecule has 106 valence electrons. The zero-order chi connectivity index (χ0) is 12.8. The maximum atomic E-state index is 11.3. The molecule has 1 saturated heterocycles. The molecule has 2 fully saturated rings. The third-order valence-corrected chi connectivity index (χ3v) is 5.71. The van der Waals surface area contributed by atoms with Gasteiger partial charge in [0, 0.05) is 12.6 Å². The van der Waals surface area contributed by atoms with Crippen molar-refractivity contribution in [2.45, 2.75) is 57.1 Å². The van der Waals surface area contributed by atoms with Crippen molar-refractivity contribution in [1.82, 2.24) is 5.32 Å². The summed E-state index contributed by atoms with van der Waals surface area (Å²) in [5.74, 6) is 0.683. The van der Waals surface area contributed by atoms with Gasteiger partial charge < -0.3 is 10.1 Å². The number of ether oxygens (including phenoxy) is 1. The highest BCUT2D eigenvalue weighted by Gasteiger charge is 2.23. The van der Waals surface area contributed by atoms with Crippen LogP contribution in [-0.4, -0.2) is 45.2 Å². The lowest BCUT2D eigenvalue weighted by Gasteiger charge is -2.25.